The number of carbonyl (C=O) groups excluding carboxylic acids is 1. The standard InChI is InChI=1S/C27H32Cl2N6O3/c1-34(2)18-30-27-33-32-26(38-27)20-6-8-22(9-7-20)37-15-3-4-25(36)31-21-11-13-35(14-12-21)17-19-5-10-23(28)24(29)16-19/h5-10,16,18,21H,3-4,11-15,17H2,1-2H3,(H,31,36). The Hall–Kier alpha value is -3.14. The van der Waals surface area contributed by atoms with E-state index >= 15 is 0 Å². The van der Waals surface area contributed by atoms with Crippen molar-refractivity contribution in [1.29, 1.82) is 0 Å². The van der Waals surface area contributed by atoms with E-state index in [2.05, 4.69) is 25.4 Å². The van der Waals surface area contributed by atoms with Gasteiger partial charge < -0.3 is 19.4 Å². The smallest absolute Gasteiger partial charge is 0.344 e. The van der Waals surface area contributed by atoms with Crippen LogP contribution in [0.1, 0.15) is 31.2 Å². The number of nitrogens with one attached hydrogen (secondary N) is 1. The lowest BCUT2D eigenvalue weighted by Gasteiger charge is -2.32. The topological polar surface area (TPSA) is 96.1 Å². The molecule has 0 unspecified atom stereocenters. The Morgan fingerprint density at radius 1 is 1.16 bits per heavy atom. The maximum Gasteiger partial charge on any atom is 0.344 e. The molecule has 11 heteroatoms. The molecule has 1 aliphatic heterocycles. The van der Waals surface area contributed by atoms with Crippen LogP contribution >= 0.6 is 23.2 Å². The average molecular weight is 559 g/mol. The van der Waals surface area contributed by atoms with Crippen LogP contribution in [0.15, 0.2) is 51.9 Å². The van der Waals surface area contributed by atoms with Gasteiger partial charge in [0.05, 0.1) is 23.0 Å². The molecule has 202 valence electrons. The summed E-state index contributed by atoms with van der Waals surface area (Å²) in [6.07, 6.45) is 4.53. The Morgan fingerprint density at radius 3 is 2.63 bits per heavy atom. The van der Waals surface area contributed by atoms with Gasteiger partial charge in [0.2, 0.25) is 11.8 Å². The summed E-state index contributed by atoms with van der Waals surface area (Å²) in [6.45, 7) is 3.15. The largest absolute Gasteiger partial charge is 0.494 e. The number of nitrogens with zero attached hydrogens (tertiary/aromatic N) is 5. The van der Waals surface area contributed by atoms with Crippen molar-refractivity contribution in [3.05, 3.63) is 58.1 Å². The van der Waals surface area contributed by atoms with Gasteiger partial charge in [0, 0.05) is 51.8 Å². The number of hydrogen-bond acceptors (Lipinski definition) is 7. The molecule has 1 amide bonds. The first-order chi connectivity index (χ1) is 18.4. The van der Waals surface area contributed by atoms with Gasteiger partial charge in [0.1, 0.15) is 5.75 Å². The minimum atomic E-state index is 0.0657. The Balaban J connectivity index is 1.12. The van der Waals surface area contributed by atoms with E-state index in [4.69, 9.17) is 32.4 Å². The second-order valence-electron chi connectivity index (χ2n) is 9.44. The van der Waals surface area contributed by atoms with Crippen molar-refractivity contribution in [1.82, 2.24) is 25.3 Å². The number of aromatic nitrogens is 2. The Kier molecular flexibility index (Phi) is 9.98. The third kappa shape index (κ3) is 8.44. The van der Waals surface area contributed by atoms with Gasteiger partial charge in [-0.05, 0) is 61.2 Å². The second-order valence-corrected chi connectivity index (χ2v) is 10.3. The predicted octanol–water partition coefficient (Wildman–Crippen LogP) is 5.20. The average Bonchev–Trinajstić information content (AvgIpc) is 3.38. The number of amides is 1. The zero-order valence-corrected chi connectivity index (χ0v) is 23.1. The summed E-state index contributed by atoms with van der Waals surface area (Å²) >= 11 is 12.1. The Labute approximate surface area is 232 Å². The first kappa shape index (κ1) is 27.9. The van der Waals surface area contributed by atoms with Crippen molar-refractivity contribution in [3.63, 3.8) is 0 Å². The number of halogens is 2. The van der Waals surface area contributed by atoms with Crippen molar-refractivity contribution >= 4 is 41.5 Å². The molecule has 2 heterocycles. The third-order valence-corrected chi connectivity index (χ3v) is 6.81. The predicted molar refractivity (Wildman–Crippen MR) is 149 cm³/mol. The monoisotopic (exact) mass is 558 g/mol. The van der Waals surface area contributed by atoms with E-state index in [0.29, 0.717) is 41.1 Å². The molecular weight excluding hydrogens is 527 g/mol. The molecule has 1 aliphatic rings. The normalized spacial score (nSPS) is 14.6. The number of piperidine rings is 1. The SMILES string of the molecule is CN(C)C=Nc1nnc(-c2ccc(OCCCC(=O)NC3CCN(Cc4ccc(Cl)c(Cl)c4)CC3)cc2)o1. The summed E-state index contributed by atoms with van der Waals surface area (Å²) in [6, 6.07) is 13.5. The molecule has 2 aromatic carbocycles. The number of hydrogen-bond donors (Lipinski definition) is 1. The van der Waals surface area contributed by atoms with Crippen LogP contribution in [0.2, 0.25) is 10.0 Å². The van der Waals surface area contributed by atoms with Crippen molar-refractivity contribution in [3.8, 4) is 17.2 Å². The van der Waals surface area contributed by atoms with Crippen LogP contribution in [0.5, 0.6) is 5.75 Å². The van der Waals surface area contributed by atoms with E-state index in [0.717, 1.165) is 43.6 Å². The van der Waals surface area contributed by atoms with Gasteiger partial charge in [-0.25, -0.2) is 0 Å². The Morgan fingerprint density at radius 2 is 1.92 bits per heavy atom. The van der Waals surface area contributed by atoms with Gasteiger partial charge in [-0.1, -0.05) is 34.4 Å². The number of rotatable bonds is 11. The van der Waals surface area contributed by atoms with E-state index < -0.39 is 0 Å². The lowest BCUT2D eigenvalue weighted by molar-refractivity contribution is -0.122. The highest BCUT2D eigenvalue weighted by atomic mass is 35.5. The summed E-state index contributed by atoms with van der Waals surface area (Å²) in [4.78, 5) is 20.7. The van der Waals surface area contributed by atoms with Crippen molar-refractivity contribution in [2.75, 3.05) is 33.8 Å². The number of aliphatic imine (C=N–C) groups is 1. The molecule has 0 radical (unpaired) electrons. The van der Waals surface area contributed by atoms with Crippen LogP contribution in [0.4, 0.5) is 6.01 Å². The van der Waals surface area contributed by atoms with Crippen LogP contribution in [0.3, 0.4) is 0 Å². The summed E-state index contributed by atoms with van der Waals surface area (Å²) < 4.78 is 11.3. The van der Waals surface area contributed by atoms with Gasteiger partial charge in [0.15, 0.2) is 0 Å². The molecule has 0 bridgehead atoms. The molecule has 1 N–H and O–H groups in total. The molecule has 1 aromatic heterocycles. The van der Waals surface area contributed by atoms with Gasteiger partial charge in [0.25, 0.3) is 0 Å². The van der Waals surface area contributed by atoms with Crippen LogP contribution in [-0.2, 0) is 11.3 Å². The maximum absolute atomic E-state index is 12.4. The second kappa shape index (κ2) is 13.6. The minimum absolute atomic E-state index is 0.0657. The van der Waals surface area contributed by atoms with E-state index in [1.54, 1.807) is 11.2 Å². The quantitative estimate of drug-likeness (QED) is 0.196. The number of carbonyl (C=O) groups is 1. The highest BCUT2D eigenvalue weighted by molar-refractivity contribution is 6.42. The molecule has 38 heavy (non-hydrogen) atoms. The summed E-state index contributed by atoms with van der Waals surface area (Å²) in [5.74, 6) is 1.17. The van der Waals surface area contributed by atoms with Gasteiger partial charge in [-0.15, -0.1) is 5.10 Å². The lowest BCUT2D eigenvalue weighted by Crippen LogP contribution is -2.44. The van der Waals surface area contributed by atoms with Crippen LogP contribution in [-0.4, -0.2) is 72.1 Å². The Bertz CT molecular complexity index is 1220. The molecular formula is C27H32Cl2N6O3. The number of ether oxygens (including phenoxy) is 1. The zero-order chi connectivity index (χ0) is 26.9. The lowest BCUT2D eigenvalue weighted by atomic mass is 10.0. The molecule has 0 saturated carbocycles. The summed E-state index contributed by atoms with van der Waals surface area (Å²) in [5.41, 5.74) is 1.92. The first-order valence-electron chi connectivity index (χ1n) is 12.6. The van der Waals surface area contributed by atoms with E-state index in [-0.39, 0.29) is 18.0 Å². The first-order valence-corrected chi connectivity index (χ1v) is 13.3. The fourth-order valence-corrected chi connectivity index (χ4v) is 4.42. The van der Waals surface area contributed by atoms with Crippen LogP contribution in [0.25, 0.3) is 11.5 Å². The maximum atomic E-state index is 12.4. The van der Waals surface area contributed by atoms with Crippen LogP contribution < -0.4 is 10.1 Å². The fourth-order valence-electron chi connectivity index (χ4n) is 4.10. The van der Waals surface area contributed by atoms with Crippen molar-refractivity contribution < 1.29 is 13.9 Å². The van der Waals surface area contributed by atoms with Gasteiger partial charge in [-0.3, -0.25) is 9.69 Å². The van der Waals surface area contributed by atoms with E-state index in [1.807, 2.05) is 56.6 Å². The molecule has 0 aliphatic carbocycles. The van der Waals surface area contributed by atoms with Gasteiger partial charge >= 0.3 is 6.01 Å². The van der Waals surface area contributed by atoms with Gasteiger partial charge in [-0.2, -0.15) is 4.99 Å². The van der Waals surface area contributed by atoms with Crippen molar-refractivity contribution in [2.45, 2.75) is 38.3 Å². The fraction of sp³-hybridized carbons (Fsp3) is 0.407. The number of benzene rings is 2. The summed E-state index contributed by atoms with van der Waals surface area (Å²) in [5, 5.41) is 12.2. The molecule has 1 fully saturated rings. The van der Waals surface area contributed by atoms with Crippen LogP contribution in [0, 0.1) is 0 Å². The molecule has 3 aromatic rings. The molecule has 0 spiro atoms. The highest BCUT2D eigenvalue weighted by Crippen LogP contribution is 2.25. The molecule has 1 saturated heterocycles. The van der Waals surface area contributed by atoms with E-state index in [9.17, 15) is 4.79 Å². The minimum Gasteiger partial charge on any atom is -0.494 e. The number of likely N-dealkylation sites (tertiary alicyclic amines) is 1. The summed E-state index contributed by atoms with van der Waals surface area (Å²) in [7, 11) is 3.72. The third-order valence-electron chi connectivity index (χ3n) is 6.07. The zero-order valence-electron chi connectivity index (χ0n) is 21.6. The molecule has 4 rings (SSSR count). The molecule has 9 nitrogen and oxygen atoms in total. The molecule has 0 atom stereocenters. The van der Waals surface area contributed by atoms with E-state index in [1.165, 1.54) is 0 Å². The highest BCUT2D eigenvalue weighted by Gasteiger charge is 2.21. The van der Waals surface area contributed by atoms with Crippen molar-refractivity contribution in [2.24, 2.45) is 4.99 Å².